The normalized spacial score (nSPS) is 15.4. The van der Waals surface area contributed by atoms with Crippen LogP contribution in [-0.4, -0.2) is 43.5 Å². The molecule has 0 bridgehead atoms. The maximum Gasteiger partial charge on any atom is 0.241 e. The maximum absolute atomic E-state index is 12.6. The number of carbonyl (C=O) groups is 1. The molecule has 0 aromatic heterocycles. The van der Waals surface area contributed by atoms with E-state index in [1.54, 1.807) is 18.2 Å². The van der Waals surface area contributed by atoms with E-state index in [0.717, 1.165) is 17.8 Å². The number of nitrogens with one attached hydrogen (secondary N) is 1. The fourth-order valence-corrected chi connectivity index (χ4v) is 3.52. The van der Waals surface area contributed by atoms with E-state index >= 15 is 0 Å². The number of hydrogen-bond donors (Lipinski definition) is 1. The average Bonchev–Trinajstić information content (AvgIpc) is 2.66. The fourth-order valence-electron chi connectivity index (χ4n) is 3.23. The molecule has 7 heteroatoms. The Labute approximate surface area is 176 Å². The highest BCUT2D eigenvalue weighted by Crippen LogP contribution is 2.33. The van der Waals surface area contributed by atoms with Crippen LogP contribution < -0.4 is 15.0 Å². The summed E-state index contributed by atoms with van der Waals surface area (Å²) < 4.78 is 6.02. The summed E-state index contributed by atoms with van der Waals surface area (Å²) in [4.78, 5) is 16.7. The largest absolute Gasteiger partial charge is 0.457 e. The van der Waals surface area contributed by atoms with E-state index in [0.29, 0.717) is 47.2 Å². The molecule has 0 saturated carbocycles. The molecule has 1 aliphatic heterocycles. The monoisotopic (exact) mass is 421 g/mol. The number of anilines is 1. The maximum atomic E-state index is 12.6. The van der Waals surface area contributed by atoms with Crippen LogP contribution in [0.2, 0.25) is 10.0 Å². The molecule has 1 amide bonds. The number of halogens is 2. The Morgan fingerprint density at radius 2 is 1.89 bits per heavy atom. The van der Waals surface area contributed by atoms with Crippen molar-refractivity contribution in [2.45, 2.75) is 26.4 Å². The zero-order valence-corrected chi connectivity index (χ0v) is 17.8. The highest BCUT2D eigenvalue weighted by Gasteiger charge is 2.26. The summed E-state index contributed by atoms with van der Waals surface area (Å²) in [5.74, 6) is 1.44. The molecule has 1 heterocycles. The molecule has 3 rings (SSSR count). The molecule has 0 radical (unpaired) electrons. The van der Waals surface area contributed by atoms with Crippen molar-refractivity contribution in [1.82, 2.24) is 10.2 Å². The number of nitrogens with zero attached hydrogens (tertiary/aromatic N) is 2. The number of ether oxygens (including phenoxy) is 1. The van der Waals surface area contributed by atoms with Gasteiger partial charge in [-0.3, -0.25) is 9.69 Å². The molecule has 0 atom stereocenters. The molecule has 0 spiro atoms. The molecule has 5 nitrogen and oxygen atoms in total. The third kappa shape index (κ3) is 4.78. The van der Waals surface area contributed by atoms with Gasteiger partial charge in [0.15, 0.2) is 0 Å². The summed E-state index contributed by atoms with van der Waals surface area (Å²) >= 11 is 12.1. The van der Waals surface area contributed by atoms with Gasteiger partial charge in [-0.1, -0.05) is 23.2 Å². The molecule has 0 aliphatic carbocycles. The molecule has 150 valence electrons. The van der Waals surface area contributed by atoms with Crippen molar-refractivity contribution < 1.29 is 9.53 Å². The van der Waals surface area contributed by atoms with Crippen molar-refractivity contribution in [3.8, 4) is 11.5 Å². The zero-order chi connectivity index (χ0) is 20.3. The second kappa shape index (κ2) is 9.14. The Balaban J connectivity index is 1.82. The lowest BCUT2D eigenvalue weighted by Gasteiger charge is -2.36. The highest BCUT2D eigenvalue weighted by molar-refractivity contribution is 6.42. The third-order valence-electron chi connectivity index (χ3n) is 4.82. The Hall–Kier alpha value is -1.79. The minimum Gasteiger partial charge on any atom is -0.457 e. The molecule has 28 heavy (non-hydrogen) atoms. The van der Waals surface area contributed by atoms with E-state index in [9.17, 15) is 4.79 Å². The van der Waals surface area contributed by atoms with Crippen LogP contribution in [0.25, 0.3) is 0 Å². The van der Waals surface area contributed by atoms with Gasteiger partial charge in [-0.15, -0.1) is 0 Å². The molecule has 2 aromatic carbocycles. The van der Waals surface area contributed by atoms with E-state index in [4.69, 9.17) is 27.9 Å². The summed E-state index contributed by atoms with van der Waals surface area (Å²) in [7, 11) is 1.88. The fraction of sp³-hybridized carbons (Fsp3) is 0.381. The smallest absolute Gasteiger partial charge is 0.241 e. The Bertz CT molecular complexity index is 858. The number of hydrogen-bond acceptors (Lipinski definition) is 4. The Morgan fingerprint density at radius 1 is 1.11 bits per heavy atom. The van der Waals surface area contributed by atoms with Crippen molar-refractivity contribution >= 4 is 34.8 Å². The van der Waals surface area contributed by atoms with Gasteiger partial charge in [0.05, 0.1) is 16.6 Å². The predicted molar refractivity (Wildman–Crippen MR) is 115 cm³/mol. The molecular weight excluding hydrogens is 397 g/mol. The number of amides is 1. The van der Waals surface area contributed by atoms with Crippen LogP contribution in [0.4, 0.5) is 5.69 Å². The second-order valence-corrected chi connectivity index (χ2v) is 7.92. The second-order valence-electron chi connectivity index (χ2n) is 7.11. The van der Waals surface area contributed by atoms with Gasteiger partial charge in [0.2, 0.25) is 5.91 Å². The van der Waals surface area contributed by atoms with Gasteiger partial charge in [-0.25, -0.2) is 0 Å². The number of rotatable bonds is 6. The molecule has 1 N–H and O–H groups in total. The van der Waals surface area contributed by atoms with Crippen molar-refractivity contribution in [2.24, 2.45) is 0 Å². The SMILES string of the molecule is CNCc1cc(N2CCN(C(C)C)CC2=O)ccc1Oc1ccc(Cl)c(Cl)c1. The molecule has 1 aliphatic rings. The molecule has 2 aromatic rings. The first-order valence-corrected chi connectivity index (χ1v) is 10.1. The van der Waals surface area contributed by atoms with Crippen LogP contribution in [0.15, 0.2) is 36.4 Å². The van der Waals surface area contributed by atoms with Crippen LogP contribution in [0, 0.1) is 0 Å². The average molecular weight is 422 g/mol. The van der Waals surface area contributed by atoms with Crippen LogP contribution >= 0.6 is 23.2 Å². The van der Waals surface area contributed by atoms with Crippen LogP contribution in [0.1, 0.15) is 19.4 Å². The Kier molecular flexibility index (Phi) is 6.83. The van der Waals surface area contributed by atoms with Crippen LogP contribution in [-0.2, 0) is 11.3 Å². The summed E-state index contributed by atoms with van der Waals surface area (Å²) in [5, 5.41) is 4.08. The van der Waals surface area contributed by atoms with Gasteiger partial charge in [-0.2, -0.15) is 0 Å². The van der Waals surface area contributed by atoms with E-state index in [1.165, 1.54) is 0 Å². The minimum atomic E-state index is 0.119. The van der Waals surface area contributed by atoms with Gasteiger partial charge in [-0.05, 0) is 51.2 Å². The third-order valence-corrected chi connectivity index (χ3v) is 5.56. The predicted octanol–water partition coefficient (Wildman–Crippen LogP) is 4.56. The van der Waals surface area contributed by atoms with Crippen molar-refractivity contribution in [3.05, 3.63) is 52.0 Å². The first kappa shape index (κ1) is 20.9. The molecular formula is C21H25Cl2N3O2. The highest BCUT2D eigenvalue weighted by atomic mass is 35.5. The van der Waals surface area contributed by atoms with Gasteiger partial charge in [0.1, 0.15) is 11.5 Å². The molecule has 0 unspecified atom stereocenters. The van der Waals surface area contributed by atoms with E-state index in [2.05, 4.69) is 24.1 Å². The van der Waals surface area contributed by atoms with Crippen molar-refractivity contribution in [1.29, 1.82) is 0 Å². The Morgan fingerprint density at radius 3 is 2.54 bits per heavy atom. The number of piperazine rings is 1. The summed E-state index contributed by atoms with van der Waals surface area (Å²) in [5.41, 5.74) is 1.85. The standard InChI is InChI=1S/C21H25Cl2N3O2/c1-14(2)25-8-9-26(21(27)13-25)16-4-7-20(15(10-16)12-24-3)28-17-5-6-18(22)19(23)11-17/h4-7,10-11,14,24H,8-9,12-13H2,1-3H3. The van der Waals surface area contributed by atoms with Crippen LogP contribution in [0.5, 0.6) is 11.5 Å². The van der Waals surface area contributed by atoms with Crippen molar-refractivity contribution in [2.75, 3.05) is 31.6 Å². The van der Waals surface area contributed by atoms with Gasteiger partial charge in [0.25, 0.3) is 0 Å². The van der Waals surface area contributed by atoms with E-state index in [-0.39, 0.29) is 5.91 Å². The summed E-state index contributed by atoms with van der Waals surface area (Å²) in [6.07, 6.45) is 0. The summed E-state index contributed by atoms with van der Waals surface area (Å²) in [6.45, 7) is 6.84. The topological polar surface area (TPSA) is 44.8 Å². The van der Waals surface area contributed by atoms with Crippen LogP contribution in [0.3, 0.4) is 0 Å². The quantitative estimate of drug-likeness (QED) is 0.741. The lowest BCUT2D eigenvalue weighted by atomic mass is 10.1. The first-order valence-electron chi connectivity index (χ1n) is 9.34. The van der Waals surface area contributed by atoms with E-state index in [1.807, 2.05) is 30.1 Å². The minimum absolute atomic E-state index is 0.119. The van der Waals surface area contributed by atoms with Gasteiger partial charge in [0, 0.05) is 43.0 Å². The number of benzene rings is 2. The zero-order valence-electron chi connectivity index (χ0n) is 16.3. The first-order chi connectivity index (χ1) is 13.4. The lowest BCUT2D eigenvalue weighted by molar-refractivity contribution is -0.121. The lowest BCUT2D eigenvalue weighted by Crippen LogP contribution is -2.52. The van der Waals surface area contributed by atoms with Gasteiger partial charge < -0.3 is 15.0 Å². The molecule has 1 saturated heterocycles. The summed E-state index contributed by atoms with van der Waals surface area (Å²) in [6, 6.07) is 11.4. The van der Waals surface area contributed by atoms with Gasteiger partial charge >= 0.3 is 0 Å². The van der Waals surface area contributed by atoms with E-state index < -0.39 is 0 Å². The number of carbonyl (C=O) groups excluding carboxylic acids is 1. The molecule has 1 fully saturated rings. The van der Waals surface area contributed by atoms with Crippen molar-refractivity contribution in [3.63, 3.8) is 0 Å².